The van der Waals surface area contributed by atoms with Crippen LogP contribution >= 0.6 is 40.2 Å². The quantitative estimate of drug-likeness (QED) is 0.765. The van der Waals surface area contributed by atoms with E-state index in [-0.39, 0.29) is 5.91 Å². The Morgan fingerprint density at radius 1 is 1.17 bits per heavy atom. The normalized spacial score (nSPS) is 10.2. The lowest BCUT2D eigenvalue weighted by atomic mass is 10.2. The first-order chi connectivity index (χ1) is 8.58. The van der Waals surface area contributed by atoms with Gasteiger partial charge < -0.3 is 5.32 Å². The minimum Gasteiger partial charge on any atom is -0.321 e. The van der Waals surface area contributed by atoms with Gasteiger partial charge in [-0.25, -0.2) is 0 Å². The standard InChI is InChI=1S/C13H9BrClNOS/c14-12-10(15)2-1-3-11(12)16-13(17)8-4-6-9(18)7-5-8/h1-7,18H,(H,16,17). The van der Waals surface area contributed by atoms with Crippen LogP contribution in [0.4, 0.5) is 5.69 Å². The number of hydrogen-bond acceptors (Lipinski definition) is 2. The van der Waals surface area contributed by atoms with Crippen molar-refractivity contribution in [1.29, 1.82) is 0 Å². The third-order valence-electron chi connectivity index (χ3n) is 2.33. The number of carbonyl (C=O) groups is 1. The summed E-state index contributed by atoms with van der Waals surface area (Å²) in [5.74, 6) is -0.189. The summed E-state index contributed by atoms with van der Waals surface area (Å²) in [5, 5.41) is 3.35. The molecule has 0 atom stereocenters. The molecule has 2 aromatic carbocycles. The molecule has 0 saturated carbocycles. The van der Waals surface area contributed by atoms with E-state index in [0.717, 1.165) is 4.90 Å². The Morgan fingerprint density at radius 3 is 2.50 bits per heavy atom. The van der Waals surface area contributed by atoms with E-state index in [2.05, 4.69) is 33.9 Å². The van der Waals surface area contributed by atoms with E-state index in [1.165, 1.54) is 0 Å². The average molecular weight is 343 g/mol. The maximum atomic E-state index is 12.0. The van der Waals surface area contributed by atoms with Crippen LogP contribution in [0.5, 0.6) is 0 Å². The van der Waals surface area contributed by atoms with Crippen molar-refractivity contribution in [1.82, 2.24) is 0 Å². The second-order valence-electron chi connectivity index (χ2n) is 3.60. The van der Waals surface area contributed by atoms with Crippen LogP contribution in [0.3, 0.4) is 0 Å². The van der Waals surface area contributed by atoms with E-state index < -0.39 is 0 Å². The molecule has 0 aliphatic rings. The summed E-state index contributed by atoms with van der Waals surface area (Å²) >= 11 is 13.5. The number of thiol groups is 1. The van der Waals surface area contributed by atoms with Crippen LogP contribution in [0.2, 0.25) is 5.02 Å². The van der Waals surface area contributed by atoms with Gasteiger partial charge in [-0.1, -0.05) is 17.7 Å². The fraction of sp³-hybridized carbons (Fsp3) is 0. The van der Waals surface area contributed by atoms with Crippen LogP contribution in [-0.4, -0.2) is 5.91 Å². The highest BCUT2D eigenvalue weighted by atomic mass is 79.9. The van der Waals surface area contributed by atoms with E-state index in [1.807, 2.05) is 0 Å². The first-order valence-corrected chi connectivity index (χ1v) is 6.74. The van der Waals surface area contributed by atoms with Crippen molar-refractivity contribution >= 4 is 51.8 Å². The zero-order chi connectivity index (χ0) is 13.1. The number of nitrogens with one attached hydrogen (secondary N) is 1. The highest BCUT2D eigenvalue weighted by Gasteiger charge is 2.09. The molecular weight excluding hydrogens is 334 g/mol. The molecular formula is C13H9BrClNOS. The molecule has 18 heavy (non-hydrogen) atoms. The zero-order valence-corrected chi connectivity index (χ0v) is 12.4. The molecule has 0 unspecified atom stereocenters. The summed E-state index contributed by atoms with van der Waals surface area (Å²) in [6, 6.07) is 12.3. The van der Waals surface area contributed by atoms with Crippen LogP contribution in [-0.2, 0) is 0 Å². The van der Waals surface area contributed by atoms with E-state index in [1.54, 1.807) is 42.5 Å². The van der Waals surface area contributed by atoms with Crippen LogP contribution in [0.15, 0.2) is 51.8 Å². The molecule has 2 nitrogen and oxygen atoms in total. The van der Waals surface area contributed by atoms with E-state index in [9.17, 15) is 4.79 Å². The minimum atomic E-state index is -0.189. The molecule has 0 radical (unpaired) electrons. The Kier molecular flexibility index (Phi) is 4.32. The largest absolute Gasteiger partial charge is 0.321 e. The molecule has 1 amide bonds. The SMILES string of the molecule is O=C(Nc1cccc(Cl)c1Br)c1ccc(S)cc1. The number of amides is 1. The molecule has 0 aliphatic heterocycles. The minimum absolute atomic E-state index is 0.189. The van der Waals surface area contributed by atoms with Crippen molar-refractivity contribution in [3.05, 3.63) is 57.5 Å². The number of halogens is 2. The van der Waals surface area contributed by atoms with Crippen LogP contribution < -0.4 is 5.32 Å². The monoisotopic (exact) mass is 341 g/mol. The number of hydrogen-bond donors (Lipinski definition) is 2. The third-order valence-corrected chi connectivity index (χ3v) is 4.03. The number of benzene rings is 2. The van der Waals surface area contributed by atoms with Gasteiger partial charge >= 0.3 is 0 Å². The van der Waals surface area contributed by atoms with Gasteiger partial charge in [0, 0.05) is 10.5 Å². The van der Waals surface area contributed by atoms with Gasteiger partial charge in [0.15, 0.2) is 0 Å². The molecule has 2 aromatic rings. The fourth-order valence-corrected chi connectivity index (χ4v) is 2.09. The van der Waals surface area contributed by atoms with Crippen molar-refractivity contribution in [2.24, 2.45) is 0 Å². The van der Waals surface area contributed by atoms with Gasteiger partial charge in [0.25, 0.3) is 5.91 Å². The van der Waals surface area contributed by atoms with Gasteiger partial charge in [-0.3, -0.25) is 4.79 Å². The van der Waals surface area contributed by atoms with Crippen molar-refractivity contribution in [2.75, 3.05) is 5.32 Å². The average Bonchev–Trinajstić information content (AvgIpc) is 2.36. The first-order valence-electron chi connectivity index (χ1n) is 5.12. The molecule has 5 heteroatoms. The van der Waals surface area contributed by atoms with Gasteiger partial charge in [0.1, 0.15) is 0 Å². The highest BCUT2D eigenvalue weighted by Crippen LogP contribution is 2.30. The van der Waals surface area contributed by atoms with Gasteiger partial charge in [0.05, 0.1) is 15.2 Å². The summed E-state index contributed by atoms with van der Waals surface area (Å²) in [7, 11) is 0. The van der Waals surface area contributed by atoms with Gasteiger partial charge in [-0.05, 0) is 52.3 Å². The molecule has 0 fully saturated rings. The van der Waals surface area contributed by atoms with E-state index in [0.29, 0.717) is 20.7 Å². The Bertz CT molecular complexity index is 586. The predicted molar refractivity (Wildman–Crippen MR) is 80.8 cm³/mol. The number of carbonyl (C=O) groups excluding carboxylic acids is 1. The van der Waals surface area contributed by atoms with Crippen LogP contribution in [0.25, 0.3) is 0 Å². The maximum Gasteiger partial charge on any atom is 0.255 e. The van der Waals surface area contributed by atoms with Crippen LogP contribution in [0.1, 0.15) is 10.4 Å². The lowest BCUT2D eigenvalue weighted by Crippen LogP contribution is -2.12. The van der Waals surface area contributed by atoms with E-state index >= 15 is 0 Å². The molecule has 0 heterocycles. The molecule has 0 saturated heterocycles. The van der Waals surface area contributed by atoms with Crippen LogP contribution in [0, 0.1) is 0 Å². The second kappa shape index (κ2) is 5.78. The first kappa shape index (κ1) is 13.5. The smallest absolute Gasteiger partial charge is 0.255 e. The Balaban J connectivity index is 2.21. The summed E-state index contributed by atoms with van der Waals surface area (Å²) in [6.07, 6.45) is 0. The summed E-state index contributed by atoms with van der Waals surface area (Å²) in [5.41, 5.74) is 1.21. The molecule has 2 rings (SSSR count). The summed E-state index contributed by atoms with van der Waals surface area (Å²) < 4.78 is 0.672. The number of rotatable bonds is 2. The van der Waals surface area contributed by atoms with Gasteiger partial charge in [0.2, 0.25) is 0 Å². The Hall–Kier alpha value is -0.970. The molecule has 92 valence electrons. The van der Waals surface area contributed by atoms with Gasteiger partial charge in [-0.15, -0.1) is 12.6 Å². The number of anilines is 1. The topological polar surface area (TPSA) is 29.1 Å². The van der Waals surface area contributed by atoms with Crippen molar-refractivity contribution < 1.29 is 4.79 Å². The maximum absolute atomic E-state index is 12.0. The van der Waals surface area contributed by atoms with Crippen molar-refractivity contribution in [2.45, 2.75) is 4.90 Å². The predicted octanol–water partition coefficient (Wildman–Crippen LogP) is 4.64. The van der Waals surface area contributed by atoms with Crippen molar-refractivity contribution in [3.8, 4) is 0 Å². The molecule has 0 bridgehead atoms. The highest BCUT2D eigenvalue weighted by molar-refractivity contribution is 9.10. The molecule has 0 aliphatic carbocycles. The summed E-state index contributed by atoms with van der Waals surface area (Å²) in [4.78, 5) is 12.8. The molecule has 1 N–H and O–H groups in total. The third kappa shape index (κ3) is 3.07. The second-order valence-corrected chi connectivity index (χ2v) is 5.32. The zero-order valence-electron chi connectivity index (χ0n) is 9.15. The lowest BCUT2D eigenvalue weighted by molar-refractivity contribution is 0.102. The molecule has 0 spiro atoms. The Labute approximate surface area is 124 Å². The molecule has 0 aromatic heterocycles. The van der Waals surface area contributed by atoms with Crippen molar-refractivity contribution in [3.63, 3.8) is 0 Å². The fourth-order valence-electron chi connectivity index (χ4n) is 1.41. The van der Waals surface area contributed by atoms with E-state index in [4.69, 9.17) is 11.6 Å². The van der Waals surface area contributed by atoms with Gasteiger partial charge in [-0.2, -0.15) is 0 Å². The lowest BCUT2D eigenvalue weighted by Gasteiger charge is -2.08. The Morgan fingerprint density at radius 2 is 1.83 bits per heavy atom. The summed E-state index contributed by atoms with van der Waals surface area (Å²) in [6.45, 7) is 0.